The van der Waals surface area contributed by atoms with E-state index in [9.17, 15) is 3.47 Å². The van der Waals surface area contributed by atoms with E-state index in [1.165, 1.54) is 5.40 Å². The number of hydrogen-bond acceptors (Lipinski definition) is 3. The first kappa shape index (κ1) is 14.4. The van der Waals surface area contributed by atoms with Crippen LogP contribution in [0.1, 0.15) is 0 Å². The summed E-state index contributed by atoms with van der Waals surface area (Å²) >= 11 is -3.42. The van der Waals surface area contributed by atoms with Gasteiger partial charge in [0.2, 0.25) is 0 Å². The average Bonchev–Trinajstić information content (AvgIpc) is 2.29. The molecule has 0 radical (unpaired) electrons. The van der Waals surface area contributed by atoms with Crippen molar-refractivity contribution in [3.63, 3.8) is 0 Å². The minimum absolute atomic E-state index is 0.915. The minimum Gasteiger partial charge on any atom is -0.255 e. The van der Waals surface area contributed by atoms with Crippen LogP contribution in [0.5, 0.6) is 0 Å². The van der Waals surface area contributed by atoms with E-state index in [-0.39, 0.29) is 0 Å². The van der Waals surface area contributed by atoms with Gasteiger partial charge in [0.25, 0.3) is 0 Å². The van der Waals surface area contributed by atoms with Crippen molar-refractivity contribution < 1.29 is 16.9 Å². The summed E-state index contributed by atoms with van der Waals surface area (Å²) in [5.74, 6) is 0. The second-order valence-corrected chi connectivity index (χ2v) is 17.6. The minimum atomic E-state index is -3.42. The van der Waals surface area contributed by atoms with Gasteiger partial charge < -0.3 is 0 Å². The van der Waals surface area contributed by atoms with E-state index in [0.717, 1.165) is 11.4 Å². The van der Waals surface area contributed by atoms with E-state index < -0.39 is 13.5 Å². The molecule has 0 fully saturated rings. The Labute approximate surface area is 111 Å². The number of pyridine rings is 2. The van der Waals surface area contributed by atoms with Crippen LogP contribution in [0.4, 0.5) is 0 Å². The Kier molecular flexibility index (Phi) is 5.87. The van der Waals surface area contributed by atoms with Gasteiger partial charge >= 0.3 is 41.4 Å². The van der Waals surface area contributed by atoms with Crippen molar-refractivity contribution in [2.24, 2.45) is 0 Å². The topological polar surface area (TPSA) is 42.9 Å². The third kappa shape index (κ3) is 7.30. The first-order chi connectivity index (χ1) is 7.97. The molecule has 17 heavy (non-hydrogen) atoms. The molecule has 92 valence electrons. The molecule has 2 aromatic heterocycles. The molecular weight excluding hydrogens is 433 g/mol. The third-order valence-electron chi connectivity index (χ3n) is 1.59. The fraction of sp³-hybridized carbons (Fsp3) is 0.0909. The Morgan fingerprint density at radius 1 is 0.941 bits per heavy atom. The third-order valence-corrected chi connectivity index (χ3v) is 1.59. The Morgan fingerprint density at radius 2 is 1.29 bits per heavy atom. The van der Waals surface area contributed by atoms with Gasteiger partial charge in [0, 0.05) is 12.4 Å². The summed E-state index contributed by atoms with van der Waals surface area (Å²) in [6.45, 7) is 0. The molecule has 0 N–H and O–H groups in total. The van der Waals surface area contributed by atoms with Crippen LogP contribution in [0.3, 0.4) is 0 Å². The quantitative estimate of drug-likeness (QED) is 0.669. The van der Waals surface area contributed by atoms with Crippen molar-refractivity contribution in [2.45, 2.75) is 5.40 Å². The van der Waals surface area contributed by atoms with Gasteiger partial charge in [-0.3, -0.25) is 9.97 Å². The summed E-state index contributed by atoms with van der Waals surface area (Å²) in [6, 6.07) is 11.6. The summed E-state index contributed by atoms with van der Waals surface area (Å²) in [6.07, 6.45) is 3.54. The van der Waals surface area contributed by atoms with Crippen molar-refractivity contribution in [3.05, 3.63) is 48.8 Å². The normalized spacial score (nSPS) is 11.2. The second-order valence-electron chi connectivity index (χ2n) is 3.04. The summed E-state index contributed by atoms with van der Waals surface area (Å²) in [4.78, 5) is 8.37. The molecule has 0 aliphatic heterocycles. The number of nitrogens with zero attached hydrogens (tertiary/aromatic N) is 2. The van der Waals surface area contributed by atoms with Crippen molar-refractivity contribution >= 4 is 19.1 Å². The van der Waals surface area contributed by atoms with Crippen LogP contribution in [0.25, 0.3) is 11.4 Å². The zero-order chi connectivity index (χ0) is 12.7. The molecule has 0 amide bonds. The molecular formula is C11H11Cl2N2ORe. The van der Waals surface area contributed by atoms with Gasteiger partial charge in [0.1, 0.15) is 0 Å². The summed E-state index contributed by atoms with van der Waals surface area (Å²) in [5.41, 5.74) is 1.83. The van der Waals surface area contributed by atoms with Crippen molar-refractivity contribution in [1.82, 2.24) is 9.97 Å². The van der Waals surface area contributed by atoms with E-state index in [1.807, 2.05) is 36.4 Å². The molecule has 2 aromatic rings. The van der Waals surface area contributed by atoms with Crippen LogP contribution in [-0.4, -0.2) is 9.97 Å². The maximum atomic E-state index is 9.84. The number of rotatable bonds is 1. The first-order valence-electron chi connectivity index (χ1n) is 4.61. The standard InChI is InChI=1S/C10H8N2.CH3.2ClH.O.Re/c1-3-7-11-9(5-1)10-6-2-4-8-12-10;;;;;/h1-8H;1H3;2*1H;;/q;;;;;+2/p-2. The second kappa shape index (κ2) is 6.93. The van der Waals surface area contributed by atoms with Gasteiger partial charge in [-0.05, 0) is 24.3 Å². The smallest absolute Gasteiger partial charge is 0.0886 e. The molecule has 6 heteroatoms. The number of hydrogen-bond donors (Lipinski definition) is 0. The van der Waals surface area contributed by atoms with Gasteiger partial charge in [0.05, 0.1) is 11.4 Å². The summed E-state index contributed by atoms with van der Waals surface area (Å²) < 4.78 is 9.84. The van der Waals surface area contributed by atoms with Crippen LogP contribution in [-0.2, 0) is 16.9 Å². The van der Waals surface area contributed by atoms with E-state index in [4.69, 9.17) is 19.1 Å². The maximum absolute atomic E-state index is 9.84. The zero-order valence-corrected chi connectivity index (χ0v) is 13.3. The van der Waals surface area contributed by atoms with Crippen LogP contribution < -0.4 is 0 Å². The predicted octanol–water partition coefficient (Wildman–Crippen LogP) is 3.99. The maximum Gasteiger partial charge on any atom is 0.0886 e. The summed E-state index contributed by atoms with van der Waals surface area (Å²) in [7, 11) is 9.88. The number of aromatic nitrogens is 2. The molecule has 0 aromatic carbocycles. The van der Waals surface area contributed by atoms with Gasteiger partial charge in [-0.2, -0.15) is 0 Å². The number of halogens is 2. The molecule has 0 bridgehead atoms. The molecule has 0 atom stereocenters. The van der Waals surface area contributed by atoms with Crippen molar-refractivity contribution in [1.29, 1.82) is 0 Å². The molecule has 0 saturated carbocycles. The van der Waals surface area contributed by atoms with E-state index in [0.29, 0.717) is 0 Å². The van der Waals surface area contributed by atoms with E-state index in [1.54, 1.807) is 12.4 Å². The molecule has 2 heterocycles. The molecule has 2 rings (SSSR count). The van der Waals surface area contributed by atoms with E-state index in [2.05, 4.69) is 9.97 Å². The van der Waals surface area contributed by atoms with Gasteiger partial charge in [-0.1, -0.05) is 12.1 Å². The van der Waals surface area contributed by atoms with Gasteiger partial charge in [-0.25, -0.2) is 0 Å². The fourth-order valence-corrected chi connectivity index (χ4v) is 1.03. The first-order valence-corrected chi connectivity index (χ1v) is 15.2. The van der Waals surface area contributed by atoms with Gasteiger partial charge in [-0.15, -0.1) is 0 Å². The average molecular weight is 444 g/mol. The molecule has 3 nitrogen and oxygen atoms in total. The molecule has 0 saturated heterocycles. The molecule has 0 unspecified atom stereocenters. The SMILES string of the molecule is [CH3][Re](=[O])([Cl])[Cl].c1ccc(-c2ccccn2)nc1. The monoisotopic (exact) mass is 444 g/mol. The van der Waals surface area contributed by atoms with Crippen LogP contribution >= 0.6 is 19.1 Å². The Balaban J connectivity index is 0.000000249. The Bertz CT molecular complexity index is 442. The predicted molar refractivity (Wildman–Crippen MR) is 65.7 cm³/mol. The van der Waals surface area contributed by atoms with Gasteiger partial charge in [0.15, 0.2) is 0 Å². The molecule has 0 aliphatic rings. The molecule has 0 aliphatic carbocycles. The van der Waals surface area contributed by atoms with Crippen LogP contribution in [0.15, 0.2) is 48.8 Å². The Morgan fingerprint density at radius 3 is 1.53 bits per heavy atom. The Hall–Kier alpha value is -0.658. The van der Waals surface area contributed by atoms with Crippen LogP contribution in [0.2, 0.25) is 5.40 Å². The molecule has 0 spiro atoms. The van der Waals surface area contributed by atoms with Crippen LogP contribution in [0, 0.1) is 0 Å². The van der Waals surface area contributed by atoms with Crippen molar-refractivity contribution in [3.8, 4) is 11.4 Å². The van der Waals surface area contributed by atoms with Crippen molar-refractivity contribution in [2.75, 3.05) is 0 Å². The van der Waals surface area contributed by atoms with E-state index >= 15 is 0 Å². The largest absolute Gasteiger partial charge is 0.255 e. The fourth-order valence-electron chi connectivity index (χ4n) is 1.03. The zero-order valence-electron chi connectivity index (χ0n) is 9.06. The summed E-state index contributed by atoms with van der Waals surface area (Å²) in [5, 5.41) is 1.36.